The maximum absolute atomic E-state index is 11.5. The van der Waals surface area contributed by atoms with E-state index in [4.69, 9.17) is 0 Å². The molecule has 1 atom stereocenters. The number of piperidine rings is 2. The number of aliphatic imine (C=N–C) groups is 1. The first-order valence-electron chi connectivity index (χ1n) is 10.6. The summed E-state index contributed by atoms with van der Waals surface area (Å²) in [5.41, 5.74) is 0. The molecule has 156 valence electrons. The summed E-state index contributed by atoms with van der Waals surface area (Å²) < 4.78 is 0. The van der Waals surface area contributed by atoms with Crippen molar-refractivity contribution in [1.29, 1.82) is 0 Å². The lowest BCUT2D eigenvalue weighted by molar-refractivity contribution is -0.122. The van der Waals surface area contributed by atoms with Crippen molar-refractivity contribution in [2.24, 2.45) is 16.8 Å². The first-order chi connectivity index (χ1) is 13.0. The Morgan fingerprint density at radius 1 is 1.15 bits per heavy atom. The quantitative estimate of drug-likeness (QED) is 0.449. The van der Waals surface area contributed by atoms with Crippen molar-refractivity contribution in [3.8, 4) is 0 Å². The molecule has 2 rings (SSSR count). The van der Waals surface area contributed by atoms with Gasteiger partial charge in [0.05, 0.1) is 6.54 Å². The van der Waals surface area contributed by atoms with Crippen molar-refractivity contribution >= 4 is 11.9 Å². The lowest BCUT2D eigenvalue weighted by Crippen LogP contribution is -2.51. The van der Waals surface area contributed by atoms with Crippen molar-refractivity contribution in [3.05, 3.63) is 0 Å². The van der Waals surface area contributed by atoms with E-state index in [0.29, 0.717) is 18.5 Å². The third-order valence-corrected chi connectivity index (χ3v) is 5.58. The molecule has 0 aromatic rings. The molecule has 27 heavy (non-hydrogen) atoms. The van der Waals surface area contributed by atoms with Gasteiger partial charge in [-0.05, 0) is 44.1 Å². The summed E-state index contributed by atoms with van der Waals surface area (Å²) in [6, 6.07) is 0.431. The number of likely N-dealkylation sites (N-methyl/N-ethyl adjacent to an activating group) is 1. The maximum Gasteiger partial charge on any atom is 0.233 e. The van der Waals surface area contributed by atoms with E-state index in [1.165, 1.54) is 32.5 Å². The van der Waals surface area contributed by atoms with E-state index in [0.717, 1.165) is 44.4 Å². The van der Waals surface area contributed by atoms with Crippen molar-refractivity contribution in [2.75, 3.05) is 59.9 Å². The summed E-state index contributed by atoms with van der Waals surface area (Å²) in [7, 11) is 3.54. The second-order valence-corrected chi connectivity index (χ2v) is 8.48. The Hall–Kier alpha value is -1.34. The number of carbonyl (C=O) groups excluding carboxylic acids is 1. The number of likely N-dealkylation sites (tertiary alicyclic amines) is 2. The molecule has 2 aliphatic heterocycles. The number of nitrogens with zero attached hydrogens (tertiary/aromatic N) is 3. The lowest BCUT2D eigenvalue weighted by atomic mass is 9.97. The van der Waals surface area contributed by atoms with Crippen LogP contribution in [0.25, 0.3) is 0 Å². The molecule has 0 aliphatic carbocycles. The molecular formula is C20H40N6O. The monoisotopic (exact) mass is 380 g/mol. The van der Waals surface area contributed by atoms with E-state index < -0.39 is 0 Å². The summed E-state index contributed by atoms with van der Waals surface area (Å²) in [6.07, 6.45) is 4.69. The largest absolute Gasteiger partial charge is 0.358 e. The average Bonchev–Trinajstić information content (AvgIpc) is 2.66. The van der Waals surface area contributed by atoms with Gasteiger partial charge in [0.15, 0.2) is 5.96 Å². The summed E-state index contributed by atoms with van der Waals surface area (Å²) in [5, 5.41) is 9.82. The Bertz CT molecular complexity index is 473. The highest BCUT2D eigenvalue weighted by Gasteiger charge is 2.23. The normalized spacial score (nSPS) is 23.4. The topological polar surface area (TPSA) is 72.0 Å². The fourth-order valence-corrected chi connectivity index (χ4v) is 4.15. The first-order valence-corrected chi connectivity index (χ1v) is 10.6. The molecule has 0 bridgehead atoms. The predicted molar refractivity (Wildman–Crippen MR) is 112 cm³/mol. The van der Waals surface area contributed by atoms with Crippen LogP contribution in [0, 0.1) is 11.8 Å². The molecule has 2 saturated heterocycles. The molecule has 1 amide bonds. The van der Waals surface area contributed by atoms with Gasteiger partial charge in [0.1, 0.15) is 0 Å². The number of amides is 1. The minimum absolute atomic E-state index is 0.0953. The number of guanidine groups is 1. The number of hydrogen-bond donors (Lipinski definition) is 3. The fourth-order valence-electron chi connectivity index (χ4n) is 4.15. The van der Waals surface area contributed by atoms with E-state index in [2.05, 4.69) is 44.6 Å². The third-order valence-electron chi connectivity index (χ3n) is 5.58. The van der Waals surface area contributed by atoms with Gasteiger partial charge in [-0.15, -0.1) is 0 Å². The van der Waals surface area contributed by atoms with Crippen LogP contribution in [0.1, 0.15) is 39.5 Å². The molecule has 0 aromatic carbocycles. The van der Waals surface area contributed by atoms with Gasteiger partial charge in [-0.3, -0.25) is 14.7 Å². The molecule has 2 fully saturated rings. The smallest absolute Gasteiger partial charge is 0.233 e. The number of carbonyl (C=O) groups is 1. The number of nitrogens with one attached hydrogen (secondary N) is 3. The standard InChI is InChI=1S/C20H40N6O/c1-16(2)13-26-9-5-6-17(14-26)12-23-20(22-4)24-18-7-10-25(11-8-18)15-19(27)21-3/h16-18H,5-15H2,1-4H3,(H,21,27)(H2,22,23,24). The van der Waals surface area contributed by atoms with Crippen LogP contribution in [0.5, 0.6) is 0 Å². The first kappa shape index (κ1) is 22.0. The van der Waals surface area contributed by atoms with Gasteiger partial charge in [0.25, 0.3) is 0 Å². The highest BCUT2D eigenvalue weighted by molar-refractivity contribution is 5.80. The fraction of sp³-hybridized carbons (Fsp3) is 0.900. The molecular weight excluding hydrogens is 340 g/mol. The molecule has 7 heteroatoms. The van der Waals surface area contributed by atoms with E-state index in [-0.39, 0.29) is 5.91 Å². The minimum atomic E-state index is 0.0953. The van der Waals surface area contributed by atoms with Crippen molar-refractivity contribution in [1.82, 2.24) is 25.8 Å². The molecule has 2 aliphatic rings. The molecule has 0 saturated carbocycles. The van der Waals surface area contributed by atoms with Crippen LogP contribution >= 0.6 is 0 Å². The van der Waals surface area contributed by atoms with Gasteiger partial charge in [-0.25, -0.2) is 0 Å². The Morgan fingerprint density at radius 2 is 1.89 bits per heavy atom. The molecule has 0 spiro atoms. The van der Waals surface area contributed by atoms with E-state index in [1.807, 2.05) is 7.05 Å². The predicted octanol–water partition coefficient (Wildman–Crippen LogP) is 0.730. The van der Waals surface area contributed by atoms with Crippen LogP contribution in [0.4, 0.5) is 0 Å². The highest BCUT2D eigenvalue weighted by Crippen LogP contribution is 2.17. The van der Waals surface area contributed by atoms with Crippen molar-refractivity contribution < 1.29 is 4.79 Å². The second-order valence-electron chi connectivity index (χ2n) is 8.48. The van der Waals surface area contributed by atoms with E-state index in [1.54, 1.807) is 7.05 Å². The average molecular weight is 381 g/mol. The van der Waals surface area contributed by atoms with Crippen LogP contribution in [0.2, 0.25) is 0 Å². The minimum Gasteiger partial charge on any atom is -0.358 e. The molecule has 0 radical (unpaired) electrons. The number of rotatable bonds is 7. The van der Waals surface area contributed by atoms with E-state index >= 15 is 0 Å². The van der Waals surface area contributed by atoms with Crippen LogP contribution in [-0.4, -0.2) is 87.6 Å². The Kier molecular flexibility index (Phi) is 9.34. The van der Waals surface area contributed by atoms with Gasteiger partial charge in [-0.2, -0.15) is 0 Å². The van der Waals surface area contributed by atoms with Crippen LogP contribution in [0.15, 0.2) is 4.99 Å². The van der Waals surface area contributed by atoms with Gasteiger partial charge < -0.3 is 20.9 Å². The zero-order valence-corrected chi connectivity index (χ0v) is 17.8. The van der Waals surface area contributed by atoms with Crippen LogP contribution in [0.3, 0.4) is 0 Å². The van der Waals surface area contributed by atoms with Gasteiger partial charge in [0, 0.05) is 52.9 Å². The van der Waals surface area contributed by atoms with E-state index in [9.17, 15) is 4.79 Å². The molecule has 1 unspecified atom stereocenters. The molecule has 2 heterocycles. The summed E-state index contributed by atoms with van der Waals surface area (Å²) in [5.74, 6) is 2.45. The van der Waals surface area contributed by atoms with Gasteiger partial charge in [0.2, 0.25) is 5.91 Å². The molecule has 7 nitrogen and oxygen atoms in total. The third kappa shape index (κ3) is 8.05. The van der Waals surface area contributed by atoms with Gasteiger partial charge in [-0.1, -0.05) is 13.8 Å². The zero-order valence-electron chi connectivity index (χ0n) is 17.8. The number of hydrogen-bond acceptors (Lipinski definition) is 4. The maximum atomic E-state index is 11.5. The lowest BCUT2D eigenvalue weighted by Gasteiger charge is -2.35. The summed E-state index contributed by atoms with van der Waals surface area (Å²) in [6.45, 7) is 11.6. The Balaban J connectivity index is 1.68. The van der Waals surface area contributed by atoms with Crippen molar-refractivity contribution in [3.63, 3.8) is 0 Å². The Morgan fingerprint density at radius 3 is 2.52 bits per heavy atom. The highest BCUT2D eigenvalue weighted by atomic mass is 16.1. The van der Waals surface area contributed by atoms with Crippen LogP contribution < -0.4 is 16.0 Å². The second kappa shape index (κ2) is 11.5. The summed E-state index contributed by atoms with van der Waals surface area (Å²) >= 11 is 0. The van der Waals surface area contributed by atoms with Gasteiger partial charge >= 0.3 is 0 Å². The SMILES string of the molecule is CN=C(NCC1CCCN(CC(C)C)C1)NC1CCN(CC(=O)NC)CC1. The van der Waals surface area contributed by atoms with Crippen LogP contribution in [-0.2, 0) is 4.79 Å². The summed E-state index contributed by atoms with van der Waals surface area (Å²) in [4.78, 5) is 20.8. The molecule has 3 N–H and O–H groups in total. The zero-order chi connectivity index (χ0) is 19.6. The Labute approximate surface area is 165 Å². The van der Waals surface area contributed by atoms with Crippen molar-refractivity contribution in [2.45, 2.75) is 45.6 Å². The molecule has 0 aromatic heterocycles.